The fourth-order valence-corrected chi connectivity index (χ4v) is 2.87. The van der Waals surface area contributed by atoms with E-state index >= 15 is 0 Å². The molecular formula is C17H15N3O6. The van der Waals surface area contributed by atoms with E-state index in [-0.39, 0.29) is 30.9 Å². The van der Waals surface area contributed by atoms with E-state index in [4.69, 9.17) is 14.2 Å². The highest BCUT2D eigenvalue weighted by Crippen LogP contribution is 2.29. The number of ether oxygens (including phenoxy) is 3. The van der Waals surface area contributed by atoms with Crippen LogP contribution in [0.3, 0.4) is 0 Å². The SMILES string of the molecule is O=C(Nc1ccn([C@@H]2O[C@@H]3COCO[C@@H]3C2=O)c(=O)n1)c1ccccc1. The summed E-state index contributed by atoms with van der Waals surface area (Å²) in [4.78, 5) is 40.6. The zero-order chi connectivity index (χ0) is 18.1. The van der Waals surface area contributed by atoms with E-state index in [1.165, 1.54) is 12.3 Å². The number of carbonyl (C=O) groups excluding carboxylic acids is 2. The maximum atomic E-state index is 12.4. The number of aromatic nitrogens is 2. The molecule has 9 heteroatoms. The van der Waals surface area contributed by atoms with Gasteiger partial charge in [-0.25, -0.2) is 4.79 Å². The van der Waals surface area contributed by atoms with Gasteiger partial charge in [-0.15, -0.1) is 0 Å². The number of anilines is 1. The molecule has 1 aromatic carbocycles. The number of rotatable bonds is 3. The summed E-state index contributed by atoms with van der Waals surface area (Å²) < 4.78 is 17.0. The maximum Gasteiger partial charge on any atom is 0.352 e. The van der Waals surface area contributed by atoms with Gasteiger partial charge in [0.05, 0.1) is 6.61 Å². The van der Waals surface area contributed by atoms with Crippen LogP contribution in [0.15, 0.2) is 47.4 Å². The largest absolute Gasteiger partial charge is 0.353 e. The molecule has 1 N–H and O–H groups in total. The number of nitrogens with zero attached hydrogens (tertiary/aromatic N) is 2. The van der Waals surface area contributed by atoms with Crippen LogP contribution in [0.1, 0.15) is 16.6 Å². The molecule has 3 heterocycles. The minimum Gasteiger partial charge on any atom is -0.353 e. The van der Waals surface area contributed by atoms with E-state index in [1.54, 1.807) is 30.3 Å². The highest BCUT2D eigenvalue weighted by Gasteiger charge is 2.47. The first-order valence-electron chi connectivity index (χ1n) is 7.97. The summed E-state index contributed by atoms with van der Waals surface area (Å²) in [5.74, 6) is -0.661. The minimum atomic E-state index is -1.12. The second kappa shape index (κ2) is 6.79. The summed E-state index contributed by atoms with van der Waals surface area (Å²) in [6.45, 7) is 0.237. The molecule has 0 bridgehead atoms. The van der Waals surface area contributed by atoms with Crippen LogP contribution in [0.5, 0.6) is 0 Å². The first-order chi connectivity index (χ1) is 12.6. The number of nitrogens with one attached hydrogen (secondary N) is 1. The zero-order valence-electron chi connectivity index (χ0n) is 13.5. The van der Waals surface area contributed by atoms with Gasteiger partial charge in [0.2, 0.25) is 12.0 Å². The van der Waals surface area contributed by atoms with Gasteiger partial charge in [0, 0.05) is 11.8 Å². The molecule has 3 atom stereocenters. The Morgan fingerprint density at radius 2 is 2.00 bits per heavy atom. The summed E-state index contributed by atoms with van der Waals surface area (Å²) in [5, 5.41) is 2.54. The Labute approximate surface area is 147 Å². The van der Waals surface area contributed by atoms with Gasteiger partial charge in [-0.1, -0.05) is 18.2 Å². The average Bonchev–Trinajstić information content (AvgIpc) is 2.99. The van der Waals surface area contributed by atoms with E-state index in [2.05, 4.69) is 10.3 Å². The van der Waals surface area contributed by atoms with E-state index in [0.717, 1.165) is 4.57 Å². The third kappa shape index (κ3) is 3.03. The molecule has 2 aliphatic rings. The summed E-state index contributed by atoms with van der Waals surface area (Å²) in [6.07, 6.45) is -1.06. The molecule has 2 fully saturated rings. The van der Waals surface area contributed by atoms with Gasteiger partial charge in [0.15, 0.2) is 6.10 Å². The molecule has 2 aliphatic heterocycles. The van der Waals surface area contributed by atoms with Crippen molar-refractivity contribution in [3.63, 3.8) is 0 Å². The van der Waals surface area contributed by atoms with Crippen LogP contribution in [0.2, 0.25) is 0 Å². The molecule has 9 nitrogen and oxygen atoms in total. The number of hydrogen-bond acceptors (Lipinski definition) is 7. The smallest absolute Gasteiger partial charge is 0.352 e. The first kappa shape index (κ1) is 16.6. The molecule has 0 saturated carbocycles. The maximum absolute atomic E-state index is 12.4. The number of ketones is 1. The quantitative estimate of drug-likeness (QED) is 0.843. The van der Waals surface area contributed by atoms with Crippen molar-refractivity contribution in [3.05, 3.63) is 58.6 Å². The highest BCUT2D eigenvalue weighted by molar-refractivity contribution is 6.03. The number of fused-ring (bicyclic) bond motifs is 1. The molecule has 0 unspecified atom stereocenters. The van der Waals surface area contributed by atoms with Crippen molar-refractivity contribution in [2.75, 3.05) is 18.7 Å². The van der Waals surface area contributed by atoms with Crippen LogP contribution in [0, 0.1) is 0 Å². The Bertz CT molecular complexity index is 897. The molecule has 134 valence electrons. The van der Waals surface area contributed by atoms with Crippen molar-refractivity contribution < 1.29 is 23.8 Å². The molecule has 0 radical (unpaired) electrons. The van der Waals surface area contributed by atoms with Gasteiger partial charge in [-0.05, 0) is 18.2 Å². The molecule has 1 amide bonds. The topological polar surface area (TPSA) is 109 Å². The Morgan fingerprint density at radius 3 is 2.73 bits per heavy atom. The summed E-state index contributed by atoms with van der Waals surface area (Å²) in [7, 11) is 0. The zero-order valence-corrected chi connectivity index (χ0v) is 13.5. The van der Waals surface area contributed by atoms with E-state index in [0.29, 0.717) is 5.56 Å². The minimum absolute atomic E-state index is 0.0145. The fraction of sp³-hybridized carbons (Fsp3) is 0.294. The highest BCUT2D eigenvalue weighted by atomic mass is 16.7. The lowest BCUT2D eigenvalue weighted by Crippen LogP contribution is -2.39. The monoisotopic (exact) mass is 357 g/mol. The molecule has 2 saturated heterocycles. The molecular weight excluding hydrogens is 342 g/mol. The van der Waals surface area contributed by atoms with Crippen molar-refractivity contribution in [1.82, 2.24) is 9.55 Å². The summed E-state index contributed by atoms with van der Waals surface area (Å²) in [6, 6.07) is 9.97. The Balaban J connectivity index is 1.52. The predicted octanol–water partition coefficient (Wildman–Crippen LogP) is 0.335. The number of benzene rings is 1. The normalized spacial score (nSPS) is 24.9. The predicted molar refractivity (Wildman–Crippen MR) is 87.5 cm³/mol. The van der Waals surface area contributed by atoms with Gasteiger partial charge < -0.3 is 19.5 Å². The number of carbonyl (C=O) groups is 2. The van der Waals surface area contributed by atoms with Crippen molar-refractivity contribution in [2.24, 2.45) is 0 Å². The molecule has 0 aliphatic carbocycles. The lowest BCUT2D eigenvalue weighted by molar-refractivity contribution is -0.183. The van der Waals surface area contributed by atoms with E-state index < -0.39 is 24.1 Å². The number of amides is 1. The van der Waals surface area contributed by atoms with Crippen LogP contribution in [-0.4, -0.2) is 46.8 Å². The first-order valence-corrected chi connectivity index (χ1v) is 7.97. The van der Waals surface area contributed by atoms with Gasteiger partial charge >= 0.3 is 5.69 Å². The molecule has 0 spiro atoms. The van der Waals surface area contributed by atoms with E-state index in [9.17, 15) is 14.4 Å². The third-order valence-electron chi connectivity index (χ3n) is 4.14. The van der Waals surface area contributed by atoms with E-state index in [1.807, 2.05) is 0 Å². The summed E-state index contributed by atoms with van der Waals surface area (Å²) in [5.41, 5.74) is -0.275. The van der Waals surface area contributed by atoms with Crippen molar-refractivity contribution >= 4 is 17.5 Å². The lowest BCUT2D eigenvalue weighted by atomic mass is 10.1. The molecule has 4 rings (SSSR count). The van der Waals surface area contributed by atoms with Crippen LogP contribution in [0.25, 0.3) is 0 Å². The fourth-order valence-electron chi connectivity index (χ4n) is 2.87. The molecule has 1 aromatic heterocycles. The van der Waals surface area contributed by atoms with Crippen LogP contribution < -0.4 is 11.0 Å². The Hall–Kier alpha value is -2.88. The summed E-state index contributed by atoms with van der Waals surface area (Å²) >= 11 is 0. The lowest BCUT2D eigenvalue weighted by Gasteiger charge is -2.22. The van der Waals surface area contributed by atoms with Gasteiger partial charge in [0.25, 0.3) is 5.91 Å². The van der Waals surface area contributed by atoms with Crippen LogP contribution in [-0.2, 0) is 19.0 Å². The second-order valence-corrected chi connectivity index (χ2v) is 5.83. The van der Waals surface area contributed by atoms with Crippen LogP contribution in [0.4, 0.5) is 5.82 Å². The Morgan fingerprint density at radius 1 is 1.19 bits per heavy atom. The van der Waals surface area contributed by atoms with Crippen molar-refractivity contribution in [3.8, 4) is 0 Å². The third-order valence-corrected chi connectivity index (χ3v) is 4.14. The van der Waals surface area contributed by atoms with Crippen molar-refractivity contribution in [2.45, 2.75) is 18.4 Å². The van der Waals surface area contributed by atoms with Crippen molar-refractivity contribution in [1.29, 1.82) is 0 Å². The number of Topliss-reactive ketones (excluding diaryl/α,β-unsaturated/α-hetero) is 1. The molecule has 2 aromatic rings. The van der Waals surface area contributed by atoms with Crippen LogP contribution >= 0.6 is 0 Å². The van der Waals surface area contributed by atoms with Gasteiger partial charge in [0.1, 0.15) is 18.7 Å². The van der Waals surface area contributed by atoms with Gasteiger partial charge in [-0.3, -0.25) is 14.2 Å². The molecule has 26 heavy (non-hydrogen) atoms. The second-order valence-electron chi connectivity index (χ2n) is 5.83. The standard InChI is InChI=1S/C17H15N3O6/c21-13-14-11(8-24-9-25-14)26-16(13)20-7-6-12(19-17(20)23)18-15(22)10-4-2-1-3-5-10/h1-7,11,14,16H,8-9H2,(H,18,19,22,23)/t11-,14+,16-/m1/s1. The number of hydrogen-bond donors (Lipinski definition) is 1. The van der Waals surface area contributed by atoms with Gasteiger partial charge in [-0.2, -0.15) is 4.98 Å². The average molecular weight is 357 g/mol. The Kier molecular flexibility index (Phi) is 4.33.